The number of hydrogen-bond acceptors (Lipinski definition) is 5. The summed E-state index contributed by atoms with van der Waals surface area (Å²) in [7, 11) is 0. The Morgan fingerprint density at radius 3 is 2.94 bits per heavy atom. The van der Waals surface area contributed by atoms with E-state index in [4.69, 9.17) is 4.74 Å². The third-order valence-corrected chi connectivity index (χ3v) is 3.64. The molecule has 1 amide bonds. The summed E-state index contributed by atoms with van der Waals surface area (Å²) in [5, 5.41) is 11.8. The molecule has 7 heteroatoms. The molecule has 1 saturated heterocycles. The van der Waals surface area contributed by atoms with Crippen LogP contribution in [0.25, 0.3) is 0 Å². The zero-order valence-corrected chi connectivity index (χ0v) is 10.9. The maximum atomic E-state index is 11.8. The Morgan fingerprint density at radius 1 is 1.72 bits per heavy atom. The van der Waals surface area contributed by atoms with Gasteiger partial charge < -0.3 is 14.7 Å². The maximum Gasteiger partial charge on any atom is 0.335 e. The van der Waals surface area contributed by atoms with Crippen LogP contribution < -0.4 is 0 Å². The second kappa shape index (κ2) is 5.03. The van der Waals surface area contributed by atoms with Gasteiger partial charge in [0.2, 0.25) is 5.91 Å². The van der Waals surface area contributed by atoms with Crippen molar-refractivity contribution in [2.24, 2.45) is 0 Å². The molecule has 1 aliphatic heterocycles. The van der Waals surface area contributed by atoms with E-state index >= 15 is 0 Å². The molecule has 0 radical (unpaired) electrons. The number of thiazole rings is 1. The Balaban J connectivity index is 2.39. The second-order valence-corrected chi connectivity index (χ2v) is 5.05. The summed E-state index contributed by atoms with van der Waals surface area (Å²) in [6, 6.07) is -0.640. The molecule has 2 heterocycles. The van der Waals surface area contributed by atoms with Crippen LogP contribution in [0.15, 0.2) is 5.38 Å². The van der Waals surface area contributed by atoms with E-state index in [1.165, 1.54) is 16.2 Å². The van der Waals surface area contributed by atoms with E-state index in [9.17, 15) is 14.7 Å². The number of aryl methyl sites for hydroxylation is 1. The molecule has 0 bridgehead atoms. The number of aromatic nitrogens is 1. The minimum atomic E-state index is -1.07. The second-order valence-electron chi connectivity index (χ2n) is 3.99. The number of aliphatic carboxylic acids is 1. The van der Waals surface area contributed by atoms with Crippen molar-refractivity contribution in [1.82, 2.24) is 9.88 Å². The van der Waals surface area contributed by atoms with Gasteiger partial charge in [0.25, 0.3) is 0 Å². The van der Waals surface area contributed by atoms with Crippen LogP contribution in [0.4, 0.5) is 0 Å². The van der Waals surface area contributed by atoms with Crippen LogP contribution in [0, 0.1) is 6.92 Å². The van der Waals surface area contributed by atoms with E-state index in [1.54, 1.807) is 5.38 Å². The average molecular weight is 270 g/mol. The summed E-state index contributed by atoms with van der Waals surface area (Å²) in [5.41, 5.74) is 0.583. The third-order valence-electron chi connectivity index (χ3n) is 2.85. The van der Waals surface area contributed by atoms with Gasteiger partial charge in [0.05, 0.1) is 10.7 Å². The minimum absolute atomic E-state index is 0.190. The van der Waals surface area contributed by atoms with Gasteiger partial charge in [-0.2, -0.15) is 0 Å². The van der Waals surface area contributed by atoms with Crippen LogP contribution in [0.2, 0.25) is 0 Å². The van der Waals surface area contributed by atoms with Gasteiger partial charge in [0.1, 0.15) is 12.6 Å². The predicted octanol–water partition coefficient (Wildman–Crippen LogP) is 0.825. The third kappa shape index (κ3) is 2.23. The van der Waals surface area contributed by atoms with Crippen molar-refractivity contribution >= 4 is 23.2 Å². The number of carbonyl (C=O) groups is 2. The summed E-state index contributed by atoms with van der Waals surface area (Å²) in [4.78, 5) is 28.8. The quantitative estimate of drug-likeness (QED) is 0.879. The predicted molar refractivity (Wildman–Crippen MR) is 64.4 cm³/mol. The molecule has 18 heavy (non-hydrogen) atoms. The lowest BCUT2D eigenvalue weighted by atomic mass is 10.0. The fourth-order valence-corrected chi connectivity index (χ4v) is 2.71. The number of hydrogen-bond donors (Lipinski definition) is 1. The molecule has 1 aromatic heterocycles. The van der Waals surface area contributed by atoms with E-state index in [2.05, 4.69) is 4.98 Å². The number of likely N-dealkylation sites (N-methyl/N-ethyl adjacent to an activating group) is 1. The summed E-state index contributed by atoms with van der Waals surface area (Å²) in [6.45, 7) is 3.90. The lowest BCUT2D eigenvalue weighted by molar-refractivity contribution is -0.173. The summed E-state index contributed by atoms with van der Waals surface area (Å²) in [5.74, 6) is -1.28. The van der Waals surface area contributed by atoms with Crippen LogP contribution in [0.5, 0.6) is 0 Å². The molecule has 98 valence electrons. The highest BCUT2D eigenvalue weighted by molar-refractivity contribution is 7.09. The highest BCUT2D eigenvalue weighted by Gasteiger charge is 2.42. The van der Waals surface area contributed by atoms with Gasteiger partial charge in [-0.15, -0.1) is 11.3 Å². The van der Waals surface area contributed by atoms with Crippen LogP contribution in [-0.2, 0) is 14.3 Å². The molecule has 0 aliphatic carbocycles. The fourth-order valence-electron chi connectivity index (χ4n) is 2.06. The van der Waals surface area contributed by atoms with Crippen molar-refractivity contribution in [3.05, 3.63) is 16.1 Å². The van der Waals surface area contributed by atoms with Crippen molar-refractivity contribution < 1.29 is 19.4 Å². The van der Waals surface area contributed by atoms with Crippen LogP contribution in [0.1, 0.15) is 23.7 Å². The number of rotatable bonds is 3. The Kier molecular flexibility index (Phi) is 3.63. The summed E-state index contributed by atoms with van der Waals surface area (Å²) < 4.78 is 5.13. The topological polar surface area (TPSA) is 79.7 Å². The first kappa shape index (κ1) is 13.0. The number of ether oxygens (including phenoxy) is 1. The Labute approximate surface area is 108 Å². The number of nitrogens with zero attached hydrogens (tertiary/aromatic N) is 2. The molecule has 2 atom stereocenters. The molecule has 1 aromatic rings. The van der Waals surface area contributed by atoms with Gasteiger partial charge in [-0.25, -0.2) is 9.78 Å². The van der Waals surface area contributed by atoms with Gasteiger partial charge >= 0.3 is 5.97 Å². The molecular weight excluding hydrogens is 256 g/mol. The van der Waals surface area contributed by atoms with Crippen LogP contribution in [-0.4, -0.2) is 46.1 Å². The van der Waals surface area contributed by atoms with Gasteiger partial charge in [-0.05, 0) is 13.8 Å². The minimum Gasteiger partial charge on any atom is -0.479 e. The largest absolute Gasteiger partial charge is 0.479 e. The molecule has 0 aromatic carbocycles. The van der Waals surface area contributed by atoms with Gasteiger partial charge in [-0.3, -0.25) is 4.79 Å². The highest BCUT2D eigenvalue weighted by Crippen LogP contribution is 2.30. The van der Waals surface area contributed by atoms with Crippen molar-refractivity contribution in [2.45, 2.75) is 26.0 Å². The van der Waals surface area contributed by atoms with Gasteiger partial charge in [-0.1, -0.05) is 0 Å². The average Bonchev–Trinajstić information content (AvgIpc) is 2.74. The Bertz CT molecular complexity index is 471. The van der Waals surface area contributed by atoms with Crippen molar-refractivity contribution in [2.75, 3.05) is 13.2 Å². The maximum absolute atomic E-state index is 11.8. The lowest BCUT2D eigenvalue weighted by Gasteiger charge is -2.37. The first-order valence-corrected chi connectivity index (χ1v) is 6.48. The number of carboxylic acid groups (broad SMARTS) is 1. The fraction of sp³-hybridized carbons (Fsp3) is 0.545. The summed E-state index contributed by atoms with van der Waals surface area (Å²) in [6.07, 6.45) is -1.05. The zero-order chi connectivity index (χ0) is 13.3. The van der Waals surface area contributed by atoms with E-state index < -0.39 is 18.1 Å². The number of carboxylic acids is 1. The monoisotopic (exact) mass is 270 g/mol. The van der Waals surface area contributed by atoms with E-state index in [0.717, 1.165) is 5.01 Å². The SMILES string of the molecule is CCN1C(=O)COC(C(=O)O)C1c1csc(C)n1. The zero-order valence-electron chi connectivity index (χ0n) is 10.1. The van der Waals surface area contributed by atoms with Crippen LogP contribution in [0.3, 0.4) is 0 Å². The molecule has 0 spiro atoms. The molecule has 1 fully saturated rings. The van der Waals surface area contributed by atoms with E-state index in [-0.39, 0.29) is 12.5 Å². The van der Waals surface area contributed by atoms with Crippen LogP contribution >= 0.6 is 11.3 Å². The molecule has 0 saturated carbocycles. The normalized spacial score (nSPS) is 24.3. The Hall–Kier alpha value is -1.47. The van der Waals surface area contributed by atoms with E-state index in [0.29, 0.717) is 12.2 Å². The molecule has 1 N–H and O–H groups in total. The van der Waals surface area contributed by atoms with Crippen molar-refractivity contribution in [3.8, 4) is 0 Å². The molecule has 1 aliphatic rings. The number of morpholine rings is 1. The van der Waals surface area contributed by atoms with Crippen molar-refractivity contribution in [3.63, 3.8) is 0 Å². The first-order valence-electron chi connectivity index (χ1n) is 5.60. The molecule has 2 rings (SSSR count). The lowest BCUT2D eigenvalue weighted by Crippen LogP contribution is -2.51. The van der Waals surface area contributed by atoms with E-state index in [1.807, 2.05) is 13.8 Å². The molecule has 6 nitrogen and oxygen atoms in total. The Morgan fingerprint density at radius 2 is 2.44 bits per heavy atom. The molecule has 2 unspecified atom stereocenters. The van der Waals surface area contributed by atoms with Gasteiger partial charge in [0, 0.05) is 11.9 Å². The highest BCUT2D eigenvalue weighted by atomic mass is 32.1. The molecular formula is C11H14N2O4S. The number of amides is 1. The smallest absolute Gasteiger partial charge is 0.335 e. The number of carbonyl (C=O) groups excluding carboxylic acids is 1. The van der Waals surface area contributed by atoms with Gasteiger partial charge in [0.15, 0.2) is 6.10 Å². The first-order chi connectivity index (χ1) is 8.54. The van der Waals surface area contributed by atoms with Crippen molar-refractivity contribution in [1.29, 1.82) is 0 Å². The standard InChI is InChI=1S/C11H14N2O4S/c1-3-13-8(14)4-17-10(11(15)16)9(13)7-5-18-6(2)12-7/h5,9-10H,3-4H2,1-2H3,(H,15,16). The summed E-state index contributed by atoms with van der Waals surface area (Å²) >= 11 is 1.43.